The van der Waals surface area contributed by atoms with Gasteiger partial charge in [0.25, 0.3) is 5.91 Å². The lowest BCUT2D eigenvalue weighted by atomic mass is 10.2. The van der Waals surface area contributed by atoms with E-state index in [1.807, 2.05) is 0 Å². The molecule has 0 aliphatic heterocycles. The number of amides is 1. The molecule has 0 spiro atoms. The molecule has 0 aromatic carbocycles. The fourth-order valence-electron chi connectivity index (χ4n) is 3.03. The van der Waals surface area contributed by atoms with Crippen LogP contribution in [0.3, 0.4) is 0 Å². The molecular formula is C20H33Br2N5O5S2Si. The number of ether oxygens (including phenoxy) is 1. The molecule has 35 heavy (non-hydrogen) atoms. The maximum atomic E-state index is 12.9. The molecule has 1 N–H and O–H groups in total. The van der Waals surface area contributed by atoms with Gasteiger partial charge in [0.15, 0.2) is 0 Å². The number of carbonyl (C=O) groups excluding carboxylic acids is 1. The first kappa shape index (κ1) is 30.4. The zero-order chi connectivity index (χ0) is 26.6. The van der Waals surface area contributed by atoms with E-state index in [-0.39, 0.29) is 17.8 Å². The van der Waals surface area contributed by atoms with E-state index in [4.69, 9.17) is 4.74 Å². The molecule has 0 bridgehead atoms. The second-order valence-electron chi connectivity index (χ2n) is 9.34. The van der Waals surface area contributed by atoms with E-state index in [1.165, 1.54) is 26.5 Å². The highest BCUT2D eigenvalue weighted by Crippen LogP contribution is 2.27. The number of imidazole rings is 1. The van der Waals surface area contributed by atoms with Gasteiger partial charge in [-0.1, -0.05) is 19.6 Å². The maximum absolute atomic E-state index is 12.9. The molecule has 1 amide bonds. The van der Waals surface area contributed by atoms with Crippen LogP contribution in [0.15, 0.2) is 26.5 Å². The fraction of sp³-hybridized carbons (Fsp3) is 0.600. The predicted molar refractivity (Wildman–Crippen MR) is 147 cm³/mol. The second kappa shape index (κ2) is 12.6. The molecule has 15 heteroatoms. The van der Waals surface area contributed by atoms with Gasteiger partial charge in [-0.25, -0.2) is 8.96 Å². The van der Waals surface area contributed by atoms with Crippen LogP contribution in [-0.4, -0.2) is 77.9 Å². The van der Waals surface area contributed by atoms with Crippen LogP contribution in [0.25, 0.3) is 0 Å². The van der Waals surface area contributed by atoms with Gasteiger partial charge in [0, 0.05) is 41.6 Å². The number of hydrogen-bond acceptors (Lipinski definition) is 6. The lowest BCUT2D eigenvalue weighted by Crippen LogP contribution is -2.32. The molecule has 2 aromatic rings. The number of aryl methyl sites for hydroxylation is 1. The van der Waals surface area contributed by atoms with Crippen molar-refractivity contribution < 1.29 is 22.2 Å². The standard InChI is InChI=1S/C20H33Br2N5O5S2Si/c1-25(2)34(30,31)27-15(13-24-20(27)33(3)29)8-7-9-23-19(28)17-12-16(21)18(22)26(17)14-32-10-11-35(4,5)6/h12-13H,7-11,14H2,1-6H3,(H,23,28). The molecule has 198 valence electrons. The topological polar surface area (TPSA) is 116 Å². The third kappa shape index (κ3) is 8.07. The van der Waals surface area contributed by atoms with Crippen LogP contribution in [0.2, 0.25) is 25.7 Å². The van der Waals surface area contributed by atoms with Crippen LogP contribution >= 0.6 is 31.9 Å². The van der Waals surface area contributed by atoms with Crippen LogP contribution < -0.4 is 5.32 Å². The minimum Gasteiger partial charge on any atom is -0.361 e. The highest BCUT2D eigenvalue weighted by Gasteiger charge is 2.26. The van der Waals surface area contributed by atoms with Gasteiger partial charge in [-0.2, -0.15) is 12.7 Å². The molecular weight excluding hydrogens is 642 g/mol. The summed E-state index contributed by atoms with van der Waals surface area (Å²) >= 11 is 6.94. The molecule has 0 saturated carbocycles. The van der Waals surface area contributed by atoms with Crippen molar-refractivity contribution in [3.05, 3.63) is 32.7 Å². The normalized spacial score (nSPS) is 13.4. The third-order valence-electron chi connectivity index (χ3n) is 5.04. The van der Waals surface area contributed by atoms with Crippen LogP contribution in [0.5, 0.6) is 0 Å². The van der Waals surface area contributed by atoms with Gasteiger partial charge in [0.05, 0.1) is 27.2 Å². The summed E-state index contributed by atoms with van der Waals surface area (Å²) in [5.74, 6) is -0.269. The first-order valence-corrected chi connectivity index (χ1v) is 19.1. The van der Waals surface area contributed by atoms with Gasteiger partial charge in [-0.15, -0.1) is 0 Å². The van der Waals surface area contributed by atoms with Gasteiger partial charge >= 0.3 is 10.2 Å². The van der Waals surface area contributed by atoms with Crippen LogP contribution in [0, 0.1) is 0 Å². The average Bonchev–Trinajstić information content (AvgIpc) is 3.30. The molecule has 1 atom stereocenters. The summed E-state index contributed by atoms with van der Waals surface area (Å²) < 4.78 is 48.5. The van der Waals surface area contributed by atoms with Crippen molar-refractivity contribution in [1.29, 1.82) is 0 Å². The van der Waals surface area contributed by atoms with Crippen molar-refractivity contribution in [2.75, 3.05) is 33.5 Å². The van der Waals surface area contributed by atoms with Crippen molar-refractivity contribution in [3.8, 4) is 0 Å². The number of aromatic nitrogens is 3. The third-order valence-corrected chi connectivity index (χ3v) is 11.4. The minimum absolute atomic E-state index is 0.0283. The average molecular weight is 676 g/mol. The van der Waals surface area contributed by atoms with Crippen molar-refractivity contribution in [2.45, 2.75) is 50.4 Å². The zero-order valence-electron chi connectivity index (χ0n) is 20.8. The highest BCUT2D eigenvalue weighted by molar-refractivity contribution is 9.13. The lowest BCUT2D eigenvalue weighted by molar-refractivity contribution is 0.0780. The van der Waals surface area contributed by atoms with E-state index >= 15 is 0 Å². The molecule has 0 radical (unpaired) electrons. The van der Waals surface area contributed by atoms with Gasteiger partial charge < -0.3 is 14.6 Å². The van der Waals surface area contributed by atoms with E-state index < -0.39 is 29.1 Å². The Hall–Kier alpha value is -0.843. The van der Waals surface area contributed by atoms with E-state index in [1.54, 1.807) is 10.6 Å². The highest BCUT2D eigenvalue weighted by atomic mass is 79.9. The Bertz CT molecular complexity index is 1180. The lowest BCUT2D eigenvalue weighted by Gasteiger charge is -2.17. The SMILES string of the molecule is CN(C)S(=O)(=O)n1c(CCCNC(=O)c2cc(Br)c(Br)n2COCC[Si](C)(C)C)cnc1S(C)=O. The summed E-state index contributed by atoms with van der Waals surface area (Å²) in [7, 11) is -3.87. The number of nitrogens with one attached hydrogen (secondary N) is 1. The Morgan fingerprint density at radius 1 is 1.29 bits per heavy atom. The quantitative estimate of drug-likeness (QED) is 0.258. The predicted octanol–water partition coefficient (Wildman–Crippen LogP) is 3.28. The van der Waals surface area contributed by atoms with E-state index in [2.05, 4.69) is 61.8 Å². The summed E-state index contributed by atoms with van der Waals surface area (Å²) in [4.78, 5) is 16.9. The van der Waals surface area contributed by atoms with Crippen LogP contribution in [0.1, 0.15) is 22.6 Å². The number of carbonyl (C=O) groups is 1. The number of halogens is 2. The number of rotatable bonds is 13. The summed E-state index contributed by atoms with van der Waals surface area (Å²) in [6.07, 6.45) is 3.59. The Balaban J connectivity index is 2.03. The molecule has 1 unspecified atom stereocenters. The zero-order valence-corrected chi connectivity index (χ0v) is 26.6. The number of hydrogen-bond donors (Lipinski definition) is 1. The second-order valence-corrected chi connectivity index (χ2v) is 19.8. The van der Waals surface area contributed by atoms with Gasteiger partial charge in [0.1, 0.15) is 17.0 Å². The van der Waals surface area contributed by atoms with E-state index in [9.17, 15) is 17.4 Å². The molecule has 2 heterocycles. The summed E-state index contributed by atoms with van der Waals surface area (Å²) in [5.41, 5.74) is 0.850. The summed E-state index contributed by atoms with van der Waals surface area (Å²) in [6, 6.07) is 2.75. The molecule has 0 aliphatic carbocycles. The molecule has 2 rings (SSSR count). The Labute approximate surface area is 227 Å². The van der Waals surface area contributed by atoms with Gasteiger partial charge in [-0.05, 0) is 56.8 Å². The van der Waals surface area contributed by atoms with E-state index in [0.717, 1.165) is 18.8 Å². The smallest absolute Gasteiger partial charge is 0.309 e. The molecule has 0 fully saturated rings. The first-order chi connectivity index (χ1) is 16.2. The van der Waals surface area contributed by atoms with Crippen molar-refractivity contribution in [2.24, 2.45) is 0 Å². The van der Waals surface area contributed by atoms with Crippen LogP contribution in [0.4, 0.5) is 0 Å². The van der Waals surface area contributed by atoms with Crippen LogP contribution in [-0.2, 0) is 38.9 Å². The maximum Gasteiger partial charge on any atom is 0.309 e. The monoisotopic (exact) mass is 673 g/mol. The fourth-order valence-corrected chi connectivity index (χ4v) is 6.78. The number of nitrogens with zero attached hydrogens (tertiary/aromatic N) is 4. The molecule has 0 aliphatic rings. The van der Waals surface area contributed by atoms with Gasteiger partial charge in [-0.3, -0.25) is 9.00 Å². The van der Waals surface area contributed by atoms with E-state index in [0.29, 0.717) is 42.0 Å². The van der Waals surface area contributed by atoms with Crippen molar-refractivity contribution >= 4 is 66.8 Å². The first-order valence-electron chi connectivity index (χ1n) is 10.9. The molecule has 10 nitrogen and oxygen atoms in total. The Morgan fingerprint density at radius 3 is 2.51 bits per heavy atom. The Kier molecular flexibility index (Phi) is 10.9. The largest absolute Gasteiger partial charge is 0.361 e. The van der Waals surface area contributed by atoms with Crippen molar-refractivity contribution in [3.63, 3.8) is 0 Å². The Morgan fingerprint density at radius 2 is 1.94 bits per heavy atom. The summed E-state index contributed by atoms with van der Waals surface area (Å²) in [5, 5.41) is 2.85. The molecule has 0 saturated heterocycles. The molecule has 2 aromatic heterocycles. The van der Waals surface area contributed by atoms with Crippen molar-refractivity contribution in [1.82, 2.24) is 23.1 Å². The minimum atomic E-state index is -3.88. The van der Waals surface area contributed by atoms with Gasteiger partial charge in [0.2, 0.25) is 5.16 Å². The summed E-state index contributed by atoms with van der Waals surface area (Å²) in [6.45, 7) is 8.03.